The van der Waals surface area contributed by atoms with Crippen molar-refractivity contribution in [3.05, 3.63) is 23.8 Å². The van der Waals surface area contributed by atoms with Crippen molar-refractivity contribution in [2.24, 2.45) is 0 Å². The predicted octanol–water partition coefficient (Wildman–Crippen LogP) is 2.77. The Hall–Kier alpha value is -1.18. The summed E-state index contributed by atoms with van der Waals surface area (Å²) in [6.07, 6.45) is 2.34. The maximum atomic E-state index is 2.29. The van der Waals surface area contributed by atoms with Crippen LogP contribution >= 0.6 is 0 Å². The van der Waals surface area contributed by atoms with E-state index in [1.54, 1.807) is 0 Å². The lowest BCUT2D eigenvalue weighted by Crippen LogP contribution is -2.13. The van der Waals surface area contributed by atoms with Gasteiger partial charge in [0.05, 0.1) is 0 Å². The average Bonchev–Trinajstić information content (AvgIpc) is 2.17. The zero-order valence-electron chi connectivity index (χ0n) is 10.5. The van der Waals surface area contributed by atoms with Crippen molar-refractivity contribution in [1.29, 1.82) is 0 Å². The van der Waals surface area contributed by atoms with Crippen molar-refractivity contribution in [3.8, 4) is 0 Å². The SMILES string of the molecule is CCCc1cc(N(C)C)ccc1N(C)C. The van der Waals surface area contributed by atoms with Crippen LogP contribution in [-0.2, 0) is 6.42 Å². The van der Waals surface area contributed by atoms with E-state index >= 15 is 0 Å². The fourth-order valence-corrected chi connectivity index (χ4v) is 1.76. The Kier molecular flexibility index (Phi) is 4.01. The molecule has 84 valence electrons. The van der Waals surface area contributed by atoms with Crippen molar-refractivity contribution in [3.63, 3.8) is 0 Å². The lowest BCUT2D eigenvalue weighted by atomic mass is 10.1. The summed E-state index contributed by atoms with van der Waals surface area (Å²) in [6, 6.07) is 6.67. The van der Waals surface area contributed by atoms with E-state index in [2.05, 4.69) is 63.1 Å². The van der Waals surface area contributed by atoms with Crippen LogP contribution in [0.4, 0.5) is 11.4 Å². The third kappa shape index (κ3) is 2.88. The number of hydrogen-bond acceptors (Lipinski definition) is 2. The summed E-state index contributed by atoms with van der Waals surface area (Å²) < 4.78 is 0. The molecule has 0 aliphatic heterocycles. The summed E-state index contributed by atoms with van der Waals surface area (Å²) in [6.45, 7) is 2.22. The minimum Gasteiger partial charge on any atom is -0.378 e. The zero-order valence-corrected chi connectivity index (χ0v) is 10.5. The fourth-order valence-electron chi connectivity index (χ4n) is 1.76. The Bertz CT molecular complexity index is 316. The molecule has 0 saturated carbocycles. The molecule has 0 atom stereocenters. The zero-order chi connectivity index (χ0) is 11.4. The molecular formula is C13H22N2. The molecule has 1 aromatic rings. The molecule has 0 aliphatic rings. The number of rotatable bonds is 4. The van der Waals surface area contributed by atoms with Gasteiger partial charge in [0.2, 0.25) is 0 Å². The van der Waals surface area contributed by atoms with E-state index in [4.69, 9.17) is 0 Å². The molecule has 0 bridgehead atoms. The lowest BCUT2D eigenvalue weighted by Gasteiger charge is -2.20. The van der Waals surface area contributed by atoms with Gasteiger partial charge in [-0.1, -0.05) is 13.3 Å². The Morgan fingerprint density at radius 2 is 1.67 bits per heavy atom. The highest BCUT2D eigenvalue weighted by atomic mass is 15.1. The van der Waals surface area contributed by atoms with Crippen LogP contribution in [0.25, 0.3) is 0 Å². The Balaban J connectivity index is 3.08. The molecule has 0 fully saturated rings. The third-order valence-corrected chi connectivity index (χ3v) is 2.58. The number of benzene rings is 1. The van der Waals surface area contributed by atoms with Crippen molar-refractivity contribution in [2.75, 3.05) is 38.0 Å². The van der Waals surface area contributed by atoms with Gasteiger partial charge in [0, 0.05) is 39.6 Å². The second-order valence-electron chi connectivity index (χ2n) is 4.35. The summed E-state index contributed by atoms with van der Waals surface area (Å²) in [5, 5.41) is 0. The van der Waals surface area contributed by atoms with Crippen LogP contribution in [0.2, 0.25) is 0 Å². The molecule has 0 aliphatic carbocycles. The Morgan fingerprint density at radius 3 is 2.13 bits per heavy atom. The first-order valence-corrected chi connectivity index (χ1v) is 5.53. The molecule has 0 aromatic heterocycles. The van der Waals surface area contributed by atoms with Crippen molar-refractivity contribution in [1.82, 2.24) is 0 Å². The van der Waals surface area contributed by atoms with Gasteiger partial charge in [-0.15, -0.1) is 0 Å². The second-order valence-corrected chi connectivity index (χ2v) is 4.35. The van der Waals surface area contributed by atoms with Gasteiger partial charge in [0.15, 0.2) is 0 Å². The number of nitrogens with zero attached hydrogens (tertiary/aromatic N) is 2. The van der Waals surface area contributed by atoms with E-state index in [9.17, 15) is 0 Å². The first kappa shape index (κ1) is 11.9. The topological polar surface area (TPSA) is 6.48 Å². The van der Waals surface area contributed by atoms with Crippen LogP contribution < -0.4 is 9.80 Å². The summed E-state index contributed by atoms with van der Waals surface area (Å²) in [5.41, 5.74) is 4.06. The summed E-state index contributed by atoms with van der Waals surface area (Å²) >= 11 is 0. The summed E-state index contributed by atoms with van der Waals surface area (Å²) in [4.78, 5) is 4.34. The van der Waals surface area contributed by atoms with E-state index in [-0.39, 0.29) is 0 Å². The number of aryl methyl sites for hydroxylation is 1. The van der Waals surface area contributed by atoms with Gasteiger partial charge in [-0.25, -0.2) is 0 Å². The van der Waals surface area contributed by atoms with E-state index < -0.39 is 0 Å². The Morgan fingerprint density at radius 1 is 1.00 bits per heavy atom. The van der Waals surface area contributed by atoms with Crippen molar-refractivity contribution in [2.45, 2.75) is 19.8 Å². The molecule has 0 saturated heterocycles. The molecule has 0 amide bonds. The molecular weight excluding hydrogens is 184 g/mol. The van der Waals surface area contributed by atoms with E-state index in [1.165, 1.54) is 23.4 Å². The predicted molar refractivity (Wildman–Crippen MR) is 69.1 cm³/mol. The quantitative estimate of drug-likeness (QED) is 0.747. The first-order valence-electron chi connectivity index (χ1n) is 5.53. The van der Waals surface area contributed by atoms with E-state index in [0.717, 1.165) is 6.42 Å². The van der Waals surface area contributed by atoms with E-state index in [0.29, 0.717) is 0 Å². The second kappa shape index (κ2) is 5.06. The molecule has 0 spiro atoms. The molecule has 0 N–H and O–H groups in total. The largest absolute Gasteiger partial charge is 0.378 e. The van der Waals surface area contributed by atoms with Crippen LogP contribution in [0, 0.1) is 0 Å². The van der Waals surface area contributed by atoms with Gasteiger partial charge in [0.25, 0.3) is 0 Å². The maximum Gasteiger partial charge on any atom is 0.0395 e. The Labute approximate surface area is 93.5 Å². The van der Waals surface area contributed by atoms with Crippen molar-refractivity contribution >= 4 is 11.4 Å². The van der Waals surface area contributed by atoms with Crippen LogP contribution in [0.15, 0.2) is 18.2 Å². The molecule has 1 aromatic carbocycles. The molecule has 2 heteroatoms. The van der Waals surface area contributed by atoms with Gasteiger partial charge >= 0.3 is 0 Å². The normalized spacial score (nSPS) is 10.2. The van der Waals surface area contributed by atoms with Gasteiger partial charge in [0.1, 0.15) is 0 Å². The highest BCUT2D eigenvalue weighted by molar-refractivity contribution is 5.61. The molecule has 0 heterocycles. The fraction of sp³-hybridized carbons (Fsp3) is 0.538. The van der Waals surface area contributed by atoms with Crippen molar-refractivity contribution < 1.29 is 0 Å². The average molecular weight is 206 g/mol. The first-order chi connectivity index (χ1) is 7.06. The monoisotopic (exact) mass is 206 g/mol. The van der Waals surface area contributed by atoms with Crippen LogP contribution in [-0.4, -0.2) is 28.2 Å². The van der Waals surface area contributed by atoms with Crippen LogP contribution in [0.1, 0.15) is 18.9 Å². The smallest absolute Gasteiger partial charge is 0.0395 e. The standard InChI is InChI=1S/C13H22N2/c1-6-7-11-10-12(14(2)3)8-9-13(11)15(4)5/h8-10H,6-7H2,1-5H3. The molecule has 15 heavy (non-hydrogen) atoms. The molecule has 2 nitrogen and oxygen atoms in total. The molecule has 0 radical (unpaired) electrons. The highest BCUT2D eigenvalue weighted by Crippen LogP contribution is 2.25. The van der Waals surface area contributed by atoms with Crippen LogP contribution in [0.5, 0.6) is 0 Å². The van der Waals surface area contributed by atoms with Crippen LogP contribution in [0.3, 0.4) is 0 Å². The summed E-state index contributed by atoms with van der Waals surface area (Å²) in [7, 11) is 8.37. The summed E-state index contributed by atoms with van der Waals surface area (Å²) in [5.74, 6) is 0. The number of hydrogen-bond donors (Lipinski definition) is 0. The van der Waals surface area contributed by atoms with Gasteiger partial charge in [-0.05, 0) is 30.2 Å². The molecule has 1 rings (SSSR count). The number of anilines is 2. The van der Waals surface area contributed by atoms with Gasteiger partial charge < -0.3 is 9.80 Å². The van der Waals surface area contributed by atoms with Gasteiger partial charge in [-0.2, -0.15) is 0 Å². The minimum absolute atomic E-state index is 1.15. The minimum atomic E-state index is 1.15. The van der Waals surface area contributed by atoms with Gasteiger partial charge in [-0.3, -0.25) is 0 Å². The maximum absolute atomic E-state index is 2.29. The highest BCUT2D eigenvalue weighted by Gasteiger charge is 2.05. The molecule has 0 unspecified atom stereocenters. The van der Waals surface area contributed by atoms with E-state index in [1.807, 2.05) is 0 Å². The lowest BCUT2D eigenvalue weighted by molar-refractivity contribution is 0.910. The third-order valence-electron chi connectivity index (χ3n) is 2.58.